The normalized spacial score (nSPS) is 12.4. The van der Waals surface area contributed by atoms with E-state index in [0.717, 1.165) is 6.26 Å². The first-order valence-electron chi connectivity index (χ1n) is 7.52. The lowest BCUT2D eigenvalue weighted by molar-refractivity contribution is -0.129. The smallest absolute Gasteiger partial charge is 0.338 e. The van der Waals surface area contributed by atoms with E-state index >= 15 is 0 Å². The van der Waals surface area contributed by atoms with Crippen LogP contribution in [0.15, 0.2) is 47.1 Å². The minimum Gasteiger partial charge on any atom is -0.467 e. The van der Waals surface area contributed by atoms with Crippen LogP contribution in [-0.2, 0) is 31.7 Å². The highest BCUT2D eigenvalue weighted by Gasteiger charge is 2.19. The van der Waals surface area contributed by atoms with Crippen molar-refractivity contribution in [1.29, 1.82) is 0 Å². The molecule has 0 aliphatic rings. The van der Waals surface area contributed by atoms with Crippen LogP contribution in [0.3, 0.4) is 0 Å². The molecule has 1 aromatic heterocycles. The third-order valence-electron chi connectivity index (χ3n) is 3.29. The van der Waals surface area contributed by atoms with E-state index in [2.05, 4.69) is 5.32 Å². The van der Waals surface area contributed by atoms with E-state index in [1.807, 2.05) is 0 Å². The molecule has 0 bridgehead atoms. The Kier molecular flexibility index (Phi) is 5.97. The standard InChI is InChI=1S/C17H19NO6S/c1-12(16(19)18-10-15-4-3-9-23-15)24-17(20)14-7-5-13(6-8-14)11-25(2,21)22/h3-9,12H,10-11H2,1-2H3,(H,18,19). The van der Waals surface area contributed by atoms with Crippen LogP contribution in [0.25, 0.3) is 0 Å². The van der Waals surface area contributed by atoms with Gasteiger partial charge in [-0.15, -0.1) is 0 Å². The molecule has 0 aliphatic carbocycles. The highest BCUT2D eigenvalue weighted by atomic mass is 32.2. The quantitative estimate of drug-likeness (QED) is 0.749. The number of furan rings is 1. The molecule has 0 saturated carbocycles. The highest BCUT2D eigenvalue weighted by Crippen LogP contribution is 2.10. The number of nitrogens with one attached hydrogen (secondary N) is 1. The van der Waals surface area contributed by atoms with Gasteiger partial charge in [-0.1, -0.05) is 12.1 Å². The minimum atomic E-state index is -3.14. The lowest BCUT2D eigenvalue weighted by Crippen LogP contribution is -2.35. The average Bonchev–Trinajstić information content (AvgIpc) is 3.05. The number of hydrogen-bond donors (Lipinski definition) is 1. The lowest BCUT2D eigenvalue weighted by Gasteiger charge is -2.13. The number of rotatable bonds is 7. The molecule has 7 nitrogen and oxygen atoms in total. The van der Waals surface area contributed by atoms with Gasteiger partial charge >= 0.3 is 5.97 Å². The number of ether oxygens (including phenoxy) is 1. The van der Waals surface area contributed by atoms with Crippen molar-refractivity contribution in [2.45, 2.75) is 25.3 Å². The summed E-state index contributed by atoms with van der Waals surface area (Å²) < 4.78 is 32.7. The summed E-state index contributed by atoms with van der Waals surface area (Å²) >= 11 is 0. The van der Waals surface area contributed by atoms with E-state index in [1.165, 1.54) is 25.3 Å². The number of hydrogen-bond acceptors (Lipinski definition) is 6. The van der Waals surface area contributed by atoms with Gasteiger partial charge in [-0.25, -0.2) is 13.2 Å². The molecule has 2 rings (SSSR count). The molecule has 8 heteroatoms. The van der Waals surface area contributed by atoms with E-state index in [0.29, 0.717) is 11.3 Å². The number of sulfone groups is 1. The molecule has 0 spiro atoms. The van der Waals surface area contributed by atoms with E-state index < -0.39 is 27.8 Å². The summed E-state index contributed by atoms with van der Waals surface area (Å²) in [6, 6.07) is 9.44. The van der Waals surface area contributed by atoms with Crippen LogP contribution in [0.4, 0.5) is 0 Å². The summed E-state index contributed by atoms with van der Waals surface area (Å²) in [7, 11) is -3.14. The second kappa shape index (κ2) is 7.98. The maximum atomic E-state index is 12.1. The van der Waals surface area contributed by atoms with Crippen molar-refractivity contribution in [2.75, 3.05) is 6.26 Å². The van der Waals surface area contributed by atoms with Crippen molar-refractivity contribution >= 4 is 21.7 Å². The zero-order chi connectivity index (χ0) is 18.4. The average molecular weight is 365 g/mol. The predicted octanol–water partition coefficient (Wildman–Crippen LogP) is 1.69. The first-order valence-corrected chi connectivity index (χ1v) is 9.58. The van der Waals surface area contributed by atoms with Crippen LogP contribution in [0, 0.1) is 0 Å². The molecule has 134 valence electrons. The molecule has 0 aliphatic heterocycles. The molecule has 1 unspecified atom stereocenters. The summed E-state index contributed by atoms with van der Waals surface area (Å²) in [5.74, 6) is -0.619. The molecule has 0 radical (unpaired) electrons. The largest absolute Gasteiger partial charge is 0.467 e. The van der Waals surface area contributed by atoms with Crippen LogP contribution in [0.1, 0.15) is 28.6 Å². The Morgan fingerprint density at radius 3 is 2.44 bits per heavy atom. The first kappa shape index (κ1) is 18.7. The third-order valence-corrected chi connectivity index (χ3v) is 4.15. The number of esters is 1. The van der Waals surface area contributed by atoms with E-state index in [1.54, 1.807) is 24.3 Å². The second-order valence-electron chi connectivity index (χ2n) is 5.61. The molecule has 2 aromatic rings. The fourth-order valence-electron chi connectivity index (χ4n) is 2.05. The van der Waals surface area contributed by atoms with Crippen LogP contribution < -0.4 is 5.32 Å². The summed E-state index contributed by atoms with van der Waals surface area (Å²) in [5.41, 5.74) is 0.811. The topological polar surface area (TPSA) is 103 Å². The van der Waals surface area contributed by atoms with Gasteiger partial charge in [-0.05, 0) is 36.8 Å². The lowest BCUT2D eigenvalue weighted by atomic mass is 10.1. The van der Waals surface area contributed by atoms with Crippen molar-refractivity contribution in [2.24, 2.45) is 0 Å². The van der Waals surface area contributed by atoms with Crippen molar-refractivity contribution in [3.8, 4) is 0 Å². The van der Waals surface area contributed by atoms with Gasteiger partial charge in [0.25, 0.3) is 5.91 Å². The first-order chi connectivity index (χ1) is 11.7. The molecule has 25 heavy (non-hydrogen) atoms. The Morgan fingerprint density at radius 1 is 1.20 bits per heavy atom. The molecule has 1 atom stereocenters. The maximum Gasteiger partial charge on any atom is 0.338 e. The van der Waals surface area contributed by atoms with Gasteiger partial charge in [-0.2, -0.15) is 0 Å². The number of carbonyl (C=O) groups excluding carboxylic acids is 2. The number of amides is 1. The Morgan fingerprint density at radius 2 is 1.88 bits per heavy atom. The van der Waals surface area contributed by atoms with Gasteiger partial charge in [0.05, 0.1) is 24.1 Å². The van der Waals surface area contributed by atoms with Crippen LogP contribution in [0.5, 0.6) is 0 Å². The van der Waals surface area contributed by atoms with Gasteiger partial charge in [-0.3, -0.25) is 4.79 Å². The van der Waals surface area contributed by atoms with Gasteiger partial charge in [0, 0.05) is 6.26 Å². The van der Waals surface area contributed by atoms with Crippen LogP contribution in [-0.4, -0.2) is 32.7 Å². The zero-order valence-corrected chi connectivity index (χ0v) is 14.7. The van der Waals surface area contributed by atoms with E-state index in [9.17, 15) is 18.0 Å². The highest BCUT2D eigenvalue weighted by molar-refractivity contribution is 7.89. The van der Waals surface area contributed by atoms with Gasteiger partial charge < -0.3 is 14.5 Å². The predicted molar refractivity (Wildman–Crippen MR) is 90.4 cm³/mol. The Bertz CT molecular complexity index is 825. The van der Waals surface area contributed by atoms with Gasteiger partial charge in [0.2, 0.25) is 0 Å². The van der Waals surface area contributed by atoms with Crippen molar-refractivity contribution < 1.29 is 27.2 Å². The van der Waals surface area contributed by atoms with E-state index in [4.69, 9.17) is 9.15 Å². The monoisotopic (exact) mass is 365 g/mol. The Labute approximate surface area is 145 Å². The molecular weight excluding hydrogens is 346 g/mol. The number of carbonyl (C=O) groups is 2. The van der Waals surface area contributed by atoms with Crippen molar-refractivity contribution in [3.63, 3.8) is 0 Å². The van der Waals surface area contributed by atoms with Crippen LogP contribution in [0.2, 0.25) is 0 Å². The number of benzene rings is 1. The zero-order valence-electron chi connectivity index (χ0n) is 13.9. The third kappa shape index (κ3) is 6.07. The summed E-state index contributed by atoms with van der Waals surface area (Å²) in [5, 5.41) is 2.60. The molecule has 1 N–H and O–H groups in total. The molecule has 0 saturated heterocycles. The molecule has 1 heterocycles. The molecule has 0 fully saturated rings. The van der Waals surface area contributed by atoms with Crippen molar-refractivity contribution in [1.82, 2.24) is 5.32 Å². The molecular formula is C17H19NO6S. The van der Waals surface area contributed by atoms with E-state index in [-0.39, 0.29) is 17.9 Å². The fraction of sp³-hybridized carbons (Fsp3) is 0.294. The minimum absolute atomic E-state index is 0.103. The SMILES string of the molecule is CC(OC(=O)c1ccc(CS(C)(=O)=O)cc1)C(=O)NCc1ccco1. The Hall–Kier alpha value is -2.61. The van der Waals surface area contributed by atoms with Gasteiger partial charge in [0.1, 0.15) is 5.76 Å². The van der Waals surface area contributed by atoms with Crippen molar-refractivity contribution in [3.05, 3.63) is 59.5 Å². The summed E-state index contributed by atoms with van der Waals surface area (Å²) in [6.45, 7) is 1.67. The maximum absolute atomic E-state index is 12.1. The summed E-state index contributed by atoms with van der Waals surface area (Å²) in [4.78, 5) is 24.0. The Balaban J connectivity index is 1.88. The summed E-state index contributed by atoms with van der Waals surface area (Å²) in [6.07, 6.45) is 1.66. The molecule has 1 amide bonds. The van der Waals surface area contributed by atoms with Crippen LogP contribution >= 0.6 is 0 Å². The molecule has 1 aromatic carbocycles. The fourth-order valence-corrected chi connectivity index (χ4v) is 2.85. The van der Waals surface area contributed by atoms with Gasteiger partial charge in [0.15, 0.2) is 15.9 Å². The second-order valence-corrected chi connectivity index (χ2v) is 7.75.